The number of fused-ring (bicyclic) bond motifs is 1. The van der Waals surface area contributed by atoms with Gasteiger partial charge in [0.05, 0.1) is 18.3 Å². The standard InChI is InChI=1S/C17H16O4/c1-10-8-9-13(17(20)21-3)15(16(18)19)14-11(2)6-4-5-7-12(10)14/h4-9H,1-3H3,(H,18,19). The summed E-state index contributed by atoms with van der Waals surface area (Å²) in [5, 5.41) is 9.61. The number of esters is 1. The van der Waals surface area contributed by atoms with Crippen LogP contribution in [0.5, 0.6) is 0 Å². The normalized spacial score (nSPS) is 17.7. The van der Waals surface area contributed by atoms with Crippen molar-refractivity contribution in [1.82, 2.24) is 0 Å². The van der Waals surface area contributed by atoms with Crippen molar-refractivity contribution < 1.29 is 19.4 Å². The first-order valence-electron chi connectivity index (χ1n) is 6.48. The molecule has 0 saturated carbocycles. The molecule has 0 spiro atoms. The van der Waals surface area contributed by atoms with Crippen LogP contribution in [-0.4, -0.2) is 24.2 Å². The molecular formula is C17H16O4. The monoisotopic (exact) mass is 284 g/mol. The van der Waals surface area contributed by atoms with Gasteiger partial charge in [0.15, 0.2) is 0 Å². The van der Waals surface area contributed by atoms with Gasteiger partial charge in [-0.25, -0.2) is 9.59 Å². The van der Waals surface area contributed by atoms with Crippen LogP contribution in [0.2, 0.25) is 0 Å². The second kappa shape index (κ2) is 5.79. The van der Waals surface area contributed by atoms with Gasteiger partial charge in [0.25, 0.3) is 0 Å². The van der Waals surface area contributed by atoms with Crippen LogP contribution in [0, 0.1) is 0 Å². The van der Waals surface area contributed by atoms with Crippen molar-refractivity contribution in [3.63, 3.8) is 0 Å². The summed E-state index contributed by atoms with van der Waals surface area (Å²) in [6.45, 7) is 3.71. The average molecular weight is 284 g/mol. The van der Waals surface area contributed by atoms with E-state index in [4.69, 9.17) is 4.74 Å². The number of hydrogen-bond acceptors (Lipinski definition) is 3. The van der Waals surface area contributed by atoms with Gasteiger partial charge in [-0.15, -0.1) is 0 Å². The molecule has 0 saturated heterocycles. The van der Waals surface area contributed by atoms with Crippen LogP contribution in [-0.2, 0) is 14.3 Å². The summed E-state index contributed by atoms with van der Waals surface area (Å²) < 4.78 is 4.72. The first kappa shape index (κ1) is 14.8. The minimum Gasteiger partial charge on any atom is -0.478 e. The zero-order valence-corrected chi connectivity index (χ0v) is 12.1. The van der Waals surface area contributed by atoms with Gasteiger partial charge in [0.2, 0.25) is 0 Å². The molecule has 2 aliphatic rings. The Morgan fingerprint density at radius 3 is 2.29 bits per heavy atom. The first-order valence-corrected chi connectivity index (χ1v) is 6.48. The van der Waals surface area contributed by atoms with Crippen molar-refractivity contribution >= 4 is 11.9 Å². The van der Waals surface area contributed by atoms with Gasteiger partial charge in [-0.1, -0.05) is 30.4 Å². The number of rotatable bonds is 2. The van der Waals surface area contributed by atoms with Crippen molar-refractivity contribution in [3.05, 3.63) is 69.9 Å². The third-order valence-electron chi connectivity index (χ3n) is 3.45. The van der Waals surface area contributed by atoms with Crippen LogP contribution in [0.25, 0.3) is 0 Å². The van der Waals surface area contributed by atoms with Crippen LogP contribution in [0.3, 0.4) is 0 Å². The zero-order valence-electron chi connectivity index (χ0n) is 12.1. The lowest BCUT2D eigenvalue weighted by Gasteiger charge is -2.15. The molecule has 0 aromatic rings. The summed E-state index contributed by atoms with van der Waals surface area (Å²) in [6, 6.07) is 0. The second-order valence-electron chi connectivity index (χ2n) is 4.79. The molecule has 2 rings (SSSR count). The molecule has 108 valence electrons. The van der Waals surface area contributed by atoms with Crippen LogP contribution >= 0.6 is 0 Å². The average Bonchev–Trinajstić information content (AvgIpc) is 2.71. The van der Waals surface area contributed by atoms with Crippen molar-refractivity contribution in [2.24, 2.45) is 0 Å². The number of hydrogen-bond donors (Lipinski definition) is 1. The first-order chi connectivity index (χ1) is 9.97. The van der Waals surface area contributed by atoms with E-state index < -0.39 is 11.9 Å². The van der Waals surface area contributed by atoms with E-state index in [1.165, 1.54) is 13.2 Å². The lowest BCUT2D eigenvalue weighted by atomic mass is 9.88. The van der Waals surface area contributed by atoms with Crippen LogP contribution in [0.1, 0.15) is 13.8 Å². The number of carboxylic acids is 1. The number of carboxylic acid groups (broad SMARTS) is 1. The predicted octanol–water partition coefficient (Wildman–Crippen LogP) is 2.87. The highest BCUT2D eigenvalue weighted by atomic mass is 16.5. The summed E-state index contributed by atoms with van der Waals surface area (Å²) in [6.07, 6.45) is 10.6. The zero-order chi connectivity index (χ0) is 15.6. The molecule has 0 atom stereocenters. The quantitative estimate of drug-likeness (QED) is 0.792. The van der Waals surface area contributed by atoms with Crippen molar-refractivity contribution in [1.29, 1.82) is 0 Å². The number of carbonyl (C=O) groups is 2. The van der Waals surface area contributed by atoms with Gasteiger partial charge in [-0.05, 0) is 36.6 Å². The fourth-order valence-corrected chi connectivity index (χ4v) is 2.41. The number of ether oxygens (including phenoxy) is 1. The van der Waals surface area contributed by atoms with E-state index in [2.05, 4.69) is 0 Å². The Balaban J connectivity index is 2.84. The number of allylic oxidation sites excluding steroid dienone is 10. The highest BCUT2D eigenvalue weighted by Crippen LogP contribution is 2.35. The van der Waals surface area contributed by atoms with Gasteiger partial charge in [-0.3, -0.25) is 0 Å². The topological polar surface area (TPSA) is 63.6 Å². The third-order valence-corrected chi connectivity index (χ3v) is 3.45. The molecule has 21 heavy (non-hydrogen) atoms. The van der Waals surface area contributed by atoms with E-state index in [0.717, 1.165) is 16.7 Å². The molecule has 4 nitrogen and oxygen atoms in total. The molecule has 0 unspecified atom stereocenters. The molecular weight excluding hydrogens is 268 g/mol. The van der Waals surface area contributed by atoms with Crippen LogP contribution in [0.4, 0.5) is 0 Å². The Hall–Kier alpha value is -2.62. The van der Waals surface area contributed by atoms with Gasteiger partial charge >= 0.3 is 11.9 Å². The highest BCUT2D eigenvalue weighted by Gasteiger charge is 2.29. The van der Waals surface area contributed by atoms with Crippen LogP contribution in [0.15, 0.2) is 69.9 Å². The highest BCUT2D eigenvalue weighted by molar-refractivity contribution is 6.08. The van der Waals surface area contributed by atoms with Gasteiger partial charge in [-0.2, -0.15) is 0 Å². The molecule has 0 aromatic heterocycles. The number of aliphatic carboxylic acids is 1. The van der Waals surface area contributed by atoms with Crippen molar-refractivity contribution in [2.45, 2.75) is 13.8 Å². The van der Waals surface area contributed by atoms with Crippen molar-refractivity contribution in [2.75, 3.05) is 7.11 Å². The molecule has 4 heteroatoms. The molecule has 0 heterocycles. The Bertz CT molecular complexity index is 694. The third kappa shape index (κ3) is 2.65. The van der Waals surface area contributed by atoms with E-state index >= 15 is 0 Å². The number of methoxy groups -OCH3 is 1. The molecule has 0 amide bonds. The van der Waals surface area contributed by atoms with E-state index in [1.807, 2.05) is 38.2 Å². The van der Waals surface area contributed by atoms with Crippen molar-refractivity contribution in [3.8, 4) is 0 Å². The van der Waals surface area contributed by atoms with Gasteiger partial charge in [0, 0.05) is 5.57 Å². The Kier molecular flexibility index (Phi) is 4.08. The molecule has 0 aromatic carbocycles. The molecule has 1 N–H and O–H groups in total. The van der Waals surface area contributed by atoms with E-state index in [9.17, 15) is 14.7 Å². The summed E-state index contributed by atoms with van der Waals surface area (Å²) in [4.78, 5) is 23.7. The lowest BCUT2D eigenvalue weighted by Crippen LogP contribution is -2.16. The lowest BCUT2D eigenvalue weighted by molar-refractivity contribution is -0.138. The minimum absolute atomic E-state index is 0.0290. The molecule has 0 fully saturated rings. The van der Waals surface area contributed by atoms with Gasteiger partial charge < -0.3 is 9.84 Å². The smallest absolute Gasteiger partial charge is 0.338 e. The maximum absolute atomic E-state index is 11.9. The molecule has 2 aliphatic carbocycles. The van der Waals surface area contributed by atoms with E-state index in [0.29, 0.717) is 5.57 Å². The fourth-order valence-electron chi connectivity index (χ4n) is 2.41. The Morgan fingerprint density at radius 1 is 1.00 bits per heavy atom. The Labute approximate surface area is 123 Å². The molecule has 0 bridgehead atoms. The largest absolute Gasteiger partial charge is 0.478 e. The number of carbonyl (C=O) groups excluding carboxylic acids is 1. The Morgan fingerprint density at radius 2 is 1.67 bits per heavy atom. The fraction of sp³-hybridized carbons (Fsp3) is 0.176. The maximum atomic E-state index is 11.9. The summed E-state index contributed by atoms with van der Waals surface area (Å²) in [5.41, 5.74) is 3.05. The predicted molar refractivity (Wildman–Crippen MR) is 79.5 cm³/mol. The minimum atomic E-state index is -1.15. The van der Waals surface area contributed by atoms with E-state index in [-0.39, 0.29) is 11.1 Å². The molecule has 0 radical (unpaired) electrons. The molecule has 0 aliphatic heterocycles. The summed E-state index contributed by atoms with van der Waals surface area (Å²) in [7, 11) is 1.24. The van der Waals surface area contributed by atoms with Crippen LogP contribution < -0.4 is 0 Å². The SMILES string of the molecule is COC(=O)C1=CC=C(C)C2=CC=CC=C(C)C2=C1C(=O)O. The second-order valence-corrected chi connectivity index (χ2v) is 4.79. The van der Waals surface area contributed by atoms with E-state index in [1.54, 1.807) is 6.08 Å². The van der Waals surface area contributed by atoms with Gasteiger partial charge in [0.1, 0.15) is 0 Å². The summed E-state index contributed by atoms with van der Waals surface area (Å²) in [5.74, 6) is -1.81. The maximum Gasteiger partial charge on any atom is 0.338 e. The summed E-state index contributed by atoms with van der Waals surface area (Å²) >= 11 is 0.